The van der Waals surface area contributed by atoms with Gasteiger partial charge in [-0.2, -0.15) is 0 Å². The number of hydrogen-bond donors (Lipinski definition) is 1. The number of carbonyl (C=O) groups is 1. The number of aromatic nitrogens is 1. The molecule has 0 spiro atoms. The van der Waals surface area contributed by atoms with Crippen molar-refractivity contribution in [1.29, 1.82) is 0 Å². The van der Waals surface area contributed by atoms with Crippen LogP contribution in [0.25, 0.3) is 10.2 Å². The Balaban J connectivity index is 2.24. The summed E-state index contributed by atoms with van der Waals surface area (Å²) in [5.41, 5.74) is 2.72. The number of fused-ring (bicyclic) bond motifs is 1. The first-order valence-corrected chi connectivity index (χ1v) is 5.72. The fourth-order valence-electron chi connectivity index (χ4n) is 1.16. The van der Waals surface area contributed by atoms with Crippen molar-refractivity contribution in [2.75, 3.05) is 0 Å². The van der Waals surface area contributed by atoms with Crippen LogP contribution < -0.4 is 4.74 Å². The molecule has 2 aromatic rings. The van der Waals surface area contributed by atoms with Crippen molar-refractivity contribution in [3.8, 4) is 5.75 Å². The van der Waals surface area contributed by atoms with Gasteiger partial charge in [0.05, 0.1) is 15.7 Å². The third-order valence-electron chi connectivity index (χ3n) is 1.96. The maximum Gasteiger partial charge on any atom is 0.226 e. The van der Waals surface area contributed by atoms with Crippen LogP contribution >= 0.6 is 24.0 Å². The maximum absolute atomic E-state index is 10.9. The van der Waals surface area contributed by atoms with Gasteiger partial charge in [0, 0.05) is 0 Å². The smallest absolute Gasteiger partial charge is 0.226 e. The van der Waals surface area contributed by atoms with E-state index in [1.54, 1.807) is 29.8 Å². The molecule has 3 nitrogen and oxygen atoms in total. The summed E-state index contributed by atoms with van der Waals surface area (Å²) in [6.45, 7) is 1.67. The summed E-state index contributed by atoms with van der Waals surface area (Å²) in [5.74, 6) is 0.668. The van der Waals surface area contributed by atoms with Crippen LogP contribution in [-0.2, 0) is 4.79 Å². The average molecular weight is 239 g/mol. The van der Waals surface area contributed by atoms with E-state index >= 15 is 0 Å². The molecule has 0 bridgehead atoms. The van der Waals surface area contributed by atoms with E-state index in [0.29, 0.717) is 5.75 Å². The predicted molar refractivity (Wildman–Crippen MR) is 63.7 cm³/mol. The van der Waals surface area contributed by atoms with Gasteiger partial charge in [0.15, 0.2) is 6.10 Å². The number of hydrogen-bond acceptors (Lipinski definition) is 4. The molecule has 0 saturated carbocycles. The summed E-state index contributed by atoms with van der Waals surface area (Å²) in [6.07, 6.45) is -0.529. The van der Waals surface area contributed by atoms with Gasteiger partial charge >= 0.3 is 0 Å². The quantitative estimate of drug-likeness (QED) is 0.836. The van der Waals surface area contributed by atoms with Crippen LogP contribution in [0, 0.1) is 0 Å². The molecule has 1 heterocycles. The second-order valence-corrected chi connectivity index (χ2v) is 4.41. The molecule has 0 saturated heterocycles. The third kappa shape index (κ3) is 2.30. The number of thiol groups is 1. The third-order valence-corrected chi connectivity index (χ3v) is 3.12. The van der Waals surface area contributed by atoms with E-state index in [4.69, 9.17) is 4.74 Å². The summed E-state index contributed by atoms with van der Waals surface area (Å²) >= 11 is 5.25. The molecule has 0 N–H and O–H groups in total. The first-order chi connectivity index (χ1) is 7.16. The molecule has 1 aromatic carbocycles. The summed E-state index contributed by atoms with van der Waals surface area (Å²) in [7, 11) is 0. The minimum atomic E-state index is -0.529. The summed E-state index contributed by atoms with van der Waals surface area (Å²) < 4.78 is 6.45. The number of thiazole rings is 1. The predicted octanol–water partition coefficient (Wildman–Crippen LogP) is 2.52. The van der Waals surface area contributed by atoms with E-state index in [0.717, 1.165) is 10.2 Å². The Morgan fingerprint density at radius 1 is 1.60 bits per heavy atom. The zero-order valence-corrected chi connectivity index (χ0v) is 9.72. The van der Waals surface area contributed by atoms with Crippen LogP contribution in [0.5, 0.6) is 5.75 Å². The molecule has 1 atom stereocenters. The van der Waals surface area contributed by atoms with Crippen LogP contribution in [-0.4, -0.2) is 16.2 Å². The normalized spacial score (nSPS) is 12.7. The van der Waals surface area contributed by atoms with Gasteiger partial charge in [0.1, 0.15) is 5.75 Å². The fourth-order valence-corrected chi connectivity index (χ4v) is 1.92. The fraction of sp³-hybridized carbons (Fsp3) is 0.200. The lowest BCUT2D eigenvalue weighted by atomic mass is 10.3. The Hall–Kier alpha value is -1.07. The highest BCUT2D eigenvalue weighted by atomic mass is 32.1. The molecule has 15 heavy (non-hydrogen) atoms. The van der Waals surface area contributed by atoms with Crippen molar-refractivity contribution in [1.82, 2.24) is 4.98 Å². The Labute approximate surface area is 96.5 Å². The number of carbonyl (C=O) groups excluding carboxylic acids is 1. The first-order valence-electron chi connectivity index (χ1n) is 4.39. The zero-order valence-electron chi connectivity index (χ0n) is 8.01. The van der Waals surface area contributed by atoms with Crippen molar-refractivity contribution < 1.29 is 9.53 Å². The van der Waals surface area contributed by atoms with Crippen LogP contribution in [0.4, 0.5) is 0 Å². The molecular formula is C10H9NO2S2. The van der Waals surface area contributed by atoms with Gasteiger partial charge in [-0.15, -0.1) is 24.0 Å². The summed E-state index contributed by atoms with van der Waals surface area (Å²) in [4.78, 5) is 15.0. The zero-order chi connectivity index (χ0) is 10.8. The van der Waals surface area contributed by atoms with E-state index in [2.05, 4.69) is 17.6 Å². The lowest BCUT2D eigenvalue weighted by Crippen LogP contribution is -2.18. The Bertz CT molecular complexity index is 495. The van der Waals surface area contributed by atoms with Crippen molar-refractivity contribution >= 4 is 39.3 Å². The van der Waals surface area contributed by atoms with Gasteiger partial charge in [0.2, 0.25) is 5.12 Å². The standard InChI is InChI=1S/C10H9NO2S2/c1-6(10(12)14)13-7-2-3-8-9(4-7)15-5-11-8/h2-6H,1H3,(H,12,14). The topological polar surface area (TPSA) is 39.2 Å². The van der Waals surface area contributed by atoms with Crippen molar-refractivity contribution in [3.05, 3.63) is 23.7 Å². The van der Waals surface area contributed by atoms with Gasteiger partial charge in [-0.3, -0.25) is 4.79 Å². The number of ether oxygens (including phenoxy) is 1. The van der Waals surface area contributed by atoms with Gasteiger partial charge < -0.3 is 4.74 Å². The molecule has 0 aliphatic rings. The second kappa shape index (κ2) is 4.20. The molecule has 0 aliphatic carbocycles. The Kier molecular flexibility index (Phi) is 2.93. The van der Waals surface area contributed by atoms with E-state index in [-0.39, 0.29) is 5.12 Å². The average Bonchev–Trinajstić information content (AvgIpc) is 2.64. The molecule has 0 amide bonds. The number of nitrogens with zero attached hydrogens (tertiary/aromatic N) is 1. The Morgan fingerprint density at radius 3 is 3.13 bits per heavy atom. The number of benzene rings is 1. The van der Waals surface area contributed by atoms with E-state index in [1.807, 2.05) is 12.1 Å². The SMILES string of the molecule is CC(Oc1ccc2ncsc2c1)C(=O)S. The summed E-state index contributed by atoms with van der Waals surface area (Å²) in [5, 5.41) is -0.278. The van der Waals surface area contributed by atoms with E-state index in [9.17, 15) is 4.79 Å². The molecule has 78 valence electrons. The monoisotopic (exact) mass is 239 g/mol. The highest BCUT2D eigenvalue weighted by Gasteiger charge is 2.10. The van der Waals surface area contributed by atoms with Gasteiger partial charge in [0.25, 0.3) is 0 Å². The lowest BCUT2D eigenvalue weighted by Gasteiger charge is -2.10. The molecular weight excluding hydrogens is 230 g/mol. The van der Waals surface area contributed by atoms with Crippen LogP contribution in [0.1, 0.15) is 6.92 Å². The van der Waals surface area contributed by atoms with Crippen molar-refractivity contribution in [3.63, 3.8) is 0 Å². The molecule has 5 heteroatoms. The van der Waals surface area contributed by atoms with Gasteiger partial charge in [-0.1, -0.05) is 0 Å². The minimum Gasteiger partial charge on any atom is -0.482 e. The van der Waals surface area contributed by atoms with Crippen LogP contribution in [0.15, 0.2) is 23.7 Å². The van der Waals surface area contributed by atoms with Gasteiger partial charge in [-0.25, -0.2) is 4.98 Å². The Morgan fingerprint density at radius 2 is 2.40 bits per heavy atom. The van der Waals surface area contributed by atoms with Crippen LogP contribution in [0.3, 0.4) is 0 Å². The van der Waals surface area contributed by atoms with Crippen molar-refractivity contribution in [2.45, 2.75) is 13.0 Å². The second-order valence-electron chi connectivity index (χ2n) is 3.08. The summed E-state index contributed by atoms with van der Waals surface area (Å²) in [6, 6.07) is 5.55. The molecule has 0 aliphatic heterocycles. The maximum atomic E-state index is 10.9. The van der Waals surface area contributed by atoms with E-state index < -0.39 is 6.10 Å². The molecule has 0 radical (unpaired) electrons. The molecule has 2 rings (SSSR count). The lowest BCUT2D eigenvalue weighted by molar-refractivity contribution is -0.116. The van der Waals surface area contributed by atoms with Gasteiger partial charge in [-0.05, 0) is 25.1 Å². The van der Waals surface area contributed by atoms with E-state index in [1.165, 1.54) is 0 Å². The molecule has 1 unspecified atom stereocenters. The first kappa shape index (κ1) is 10.4. The highest BCUT2D eigenvalue weighted by Crippen LogP contribution is 2.24. The number of rotatable bonds is 3. The molecule has 0 fully saturated rings. The minimum absolute atomic E-state index is 0.278. The highest BCUT2D eigenvalue weighted by molar-refractivity contribution is 7.96. The molecule has 1 aromatic heterocycles. The van der Waals surface area contributed by atoms with Crippen LogP contribution in [0.2, 0.25) is 0 Å². The largest absolute Gasteiger partial charge is 0.482 e. The van der Waals surface area contributed by atoms with Crippen molar-refractivity contribution in [2.24, 2.45) is 0 Å².